The van der Waals surface area contributed by atoms with Gasteiger partial charge < -0.3 is 14.8 Å². The van der Waals surface area contributed by atoms with Crippen LogP contribution in [0.4, 0.5) is 0 Å². The predicted octanol–water partition coefficient (Wildman–Crippen LogP) is 5.93. The zero-order valence-electron chi connectivity index (χ0n) is 21.3. The highest BCUT2D eigenvalue weighted by molar-refractivity contribution is 5.91. The first kappa shape index (κ1) is 25.2. The van der Waals surface area contributed by atoms with Gasteiger partial charge in [0.2, 0.25) is 5.91 Å². The molecule has 1 N–H and O–H groups in total. The summed E-state index contributed by atoms with van der Waals surface area (Å²) in [4.78, 5) is 16.9. The molecule has 0 fully saturated rings. The van der Waals surface area contributed by atoms with Crippen LogP contribution < -0.4 is 14.8 Å². The van der Waals surface area contributed by atoms with Crippen molar-refractivity contribution >= 4 is 11.5 Å². The first-order chi connectivity index (χ1) is 17.6. The van der Waals surface area contributed by atoms with E-state index in [1.165, 1.54) is 16.7 Å². The van der Waals surface area contributed by atoms with Gasteiger partial charge in [-0.25, -0.2) is 0 Å². The van der Waals surface area contributed by atoms with Crippen LogP contribution in [0.3, 0.4) is 0 Å². The number of nitrogens with zero attached hydrogens (tertiary/aromatic N) is 1. The molecule has 36 heavy (non-hydrogen) atoms. The zero-order valence-corrected chi connectivity index (χ0v) is 21.3. The quantitative estimate of drug-likeness (QED) is 0.364. The normalized spacial score (nSPS) is 13.9. The maximum atomic E-state index is 12.7. The standard InChI is InChI=1S/C31H34N2O3/c1-22(6-4-7-23-8-5-19-32-21-23)33-30(34)18-13-24-9-10-26-20-28(36-3)16-17-29(26)31(24)25-11-14-27(35-2)15-12-25/h5,8,11-22H,4,6-7,9-10H2,1-3H3,(H,33,34)/b18-13+. The Morgan fingerprint density at radius 3 is 2.56 bits per heavy atom. The molecular weight excluding hydrogens is 448 g/mol. The highest BCUT2D eigenvalue weighted by Gasteiger charge is 2.20. The van der Waals surface area contributed by atoms with Crippen LogP contribution in [0.15, 0.2) is 84.7 Å². The van der Waals surface area contributed by atoms with E-state index in [1.54, 1.807) is 26.5 Å². The third-order valence-electron chi connectivity index (χ3n) is 6.60. The van der Waals surface area contributed by atoms with E-state index in [2.05, 4.69) is 47.6 Å². The molecule has 0 aliphatic heterocycles. The third-order valence-corrected chi connectivity index (χ3v) is 6.60. The van der Waals surface area contributed by atoms with Crippen molar-refractivity contribution in [1.29, 1.82) is 0 Å². The SMILES string of the molecule is COc1ccc(C2=C(/C=C/C(=O)NC(C)CCCc3cccnc3)CCc3cc(OC)ccc32)cc1. The fourth-order valence-corrected chi connectivity index (χ4v) is 4.68. The minimum Gasteiger partial charge on any atom is -0.497 e. The van der Waals surface area contributed by atoms with Gasteiger partial charge in [-0.1, -0.05) is 30.3 Å². The number of methoxy groups -OCH3 is 2. The van der Waals surface area contributed by atoms with Gasteiger partial charge >= 0.3 is 0 Å². The second-order valence-electron chi connectivity index (χ2n) is 9.15. The molecule has 186 valence electrons. The van der Waals surface area contributed by atoms with Crippen LogP contribution in [0.25, 0.3) is 5.57 Å². The Labute approximate surface area is 213 Å². The molecule has 0 saturated heterocycles. The van der Waals surface area contributed by atoms with Crippen LogP contribution in [-0.2, 0) is 17.6 Å². The van der Waals surface area contributed by atoms with Crippen molar-refractivity contribution in [1.82, 2.24) is 10.3 Å². The Kier molecular flexibility index (Phi) is 8.56. The van der Waals surface area contributed by atoms with E-state index in [9.17, 15) is 4.79 Å². The molecule has 1 aliphatic carbocycles. The van der Waals surface area contributed by atoms with Crippen LogP contribution in [0.2, 0.25) is 0 Å². The Morgan fingerprint density at radius 1 is 1.06 bits per heavy atom. The number of aromatic nitrogens is 1. The molecule has 5 nitrogen and oxygen atoms in total. The topological polar surface area (TPSA) is 60.5 Å². The van der Waals surface area contributed by atoms with Crippen molar-refractivity contribution in [2.45, 2.75) is 45.1 Å². The second-order valence-corrected chi connectivity index (χ2v) is 9.15. The number of allylic oxidation sites excluding steroid dienone is 2. The molecule has 1 amide bonds. The Morgan fingerprint density at radius 2 is 1.83 bits per heavy atom. The summed E-state index contributed by atoms with van der Waals surface area (Å²) in [5, 5.41) is 3.11. The first-order valence-electron chi connectivity index (χ1n) is 12.5. The molecule has 1 aliphatic rings. The van der Waals surface area contributed by atoms with Crippen molar-refractivity contribution in [2.24, 2.45) is 0 Å². The average molecular weight is 483 g/mol. The van der Waals surface area contributed by atoms with E-state index in [4.69, 9.17) is 9.47 Å². The number of rotatable bonds is 10. The molecule has 4 rings (SSSR count). The van der Waals surface area contributed by atoms with Gasteiger partial charge in [0.05, 0.1) is 14.2 Å². The number of hydrogen-bond acceptors (Lipinski definition) is 4. The highest BCUT2D eigenvalue weighted by atomic mass is 16.5. The monoisotopic (exact) mass is 482 g/mol. The largest absolute Gasteiger partial charge is 0.497 e. The molecule has 0 spiro atoms. The van der Waals surface area contributed by atoms with E-state index < -0.39 is 0 Å². The molecule has 1 unspecified atom stereocenters. The number of ether oxygens (including phenoxy) is 2. The summed E-state index contributed by atoms with van der Waals surface area (Å²) in [6.45, 7) is 2.06. The number of amides is 1. The molecule has 1 atom stereocenters. The third kappa shape index (κ3) is 6.42. The minimum atomic E-state index is -0.0639. The van der Waals surface area contributed by atoms with Crippen LogP contribution in [0.5, 0.6) is 11.5 Å². The number of hydrogen-bond donors (Lipinski definition) is 1. The predicted molar refractivity (Wildman–Crippen MR) is 144 cm³/mol. The van der Waals surface area contributed by atoms with Crippen LogP contribution in [0.1, 0.15) is 48.4 Å². The summed E-state index contributed by atoms with van der Waals surface area (Å²) in [7, 11) is 3.36. The molecule has 0 bridgehead atoms. The van der Waals surface area contributed by atoms with Crippen LogP contribution in [0, 0.1) is 0 Å². The van der Waals surface area contributed by atoms with Gasteiger partial charge in [0.15, 0.2) is 0 Å². The van der Waals surface area contributed by atoms with Gasteiger partial charge in [0.25, 0.3) is 0 Å². The molecule has 1 aromatic heterocycles. The maximum Gasteiger partial charge on any atom is 0.244 e. The number of carbonyl (C=O) groups excluding carboxylic acids is 1. The van der Waals surface area contributed by atoms with Crippen LogP contribution >= 0.6 is 0 Å². The molecule has 0 saturated carbocycles. The lowest BCUT2D eigenvalue weighted by Gasteiger charge is -2.23. The van der Waals surface area contributed by atoms with Crippen molar-refractivity contribution in [3.8, 4) is 11.5 Å². The molecule has 5 heteroatoms. The van der Waals surface area contributed by atoms with Crippen molar-refractivity contribution in [2.75, 3.05) is 14.2 Å². The fourth-order valence-electron chi connectivity index (χ4n) is 4.68. The van der Waals surface area contributed by atoms with Crippen LogP contribution in [-0.4, -0.2) is 31.2 Å². The van der Waals surface area contributed by atoms with Gasteiger partial charge in [-0.15, -0.1) is 0 Å². The number of fused-ring (bicyclic) bond motifs is 1. The van der Waals surface area contributed by atoms with Gasteiger partial charge in [0, 0.05) is 24.5 Å². The van der Waals surface area contributed by atoms with Crippen molar-refractivity contribution in [3.05, 3.63) is 107 Å². The lowest BCUT2D eigenvalue weighted by atomic mass is 9.82. The lowest BCUT2D eigenvalue weighted by molar-refractivity contribution is -0.117. The summed E-state index contributed by atoms with van der Waals surface area (Å²) in [6.07, 6.45) is 12.0. The summed E-state index contributed by atoms with van der Waals surface area (Å²) < 4.78 is 10.8. The first-order valence-corrected chi connectivity index (χ1v) is 12.5. The van der Waals surface area contributed by atoms with Gasteiger partial charge in [-0.2, -0.15) is 0 Å². The molecule has 0 radical (unpaired) electrons. The summed E-state index contributed by atoms with van der Waals surface area (Å²) in [5.74, 6) is 1.61. The van der Waals surface area contributed by atoms with Crippen molar-refractivity contribution < 1.29 is 14.3 Å². The number of aryl methyl sites for hydroxylation is 2. The van der Waals surface area contributed by atoms with E-state index in [0.29, 0.717) is 0 Å². The summed E-state index contributed by atoms with van der Waals surface area (Å²) >= 11 is 0. The maximum absolute atomic E-state index is 12.7. The number of benzene rings is 2. The molecule has 1 heterocycles. The Bertz CT molecular complexity index is 1230. The number of nitrogens with one attached hydrogen (secondary N) is 1. The van der Waals surface area contributed by atoms with E-state index in [1.807, 2.05) is 36.5 Å². The fraction of sp³-hybridized carbons (Fsp3) is 0.290. The number of pyridine rings is 1. The minimum absolute atomic E-state index is 0.0639. The summed E-state index contributed by atoms with van der Waals surface area (Å²) in [5.41, 5.74) is 7.06. The second kappa shape index (κ2) is 12.2. The van der Waals surface area contributed by atoms with Gasteiger partial charge in [0.1, 0.15) is 11.5 Å². The molecule has 3 aromatic rings. The average Bonchev–Trinajstić information content (AvgIpc) is 2.92. The van der Waals surface area contributed by atoms with E-state index in [0.717, 1.165) is 60.3 Å². The zero-order chi connectivity index (χ0) is 25.3. The van der Waals surface area contributed by atoms with E-state index in [-0.39, 0.29) is 11.9 Å². The van der Waals surface area contributed by atoms with E-state index >= 15 is 0 Å². The lowest BCUT2D eigenvalue weighted by Crippen LogP contribution is -2.31. The Hall–Kier alpha value is -3.86. The molecular formula is C31H34N2O3. The highest BCUT2D eigenvalue weighted by Crippen LogP contribution is 2.38. The van der Waals surface area contributed by atoms with Crippen molar-refractivity contribution in [3.63, 3.8) is 0 Å². The van der Waals surface area contributed by atoms with Gasteiger partial charge in [-0.3, -0.25) is 9.78 Å². The Balaban J connectivity index is 1.49. The smallest absolute Gasteiger partial charge is 0.244 e. The van der Waals surface area contributed by atoms with Gasteiger partial charge in [-0.05, 0) is 103 Å². The number of carbonyl (C=O) groups is 1. The molecule has 2 aromatic carbocycles. The summed E-state index contributed by atoms with van der Waals surface area (Å²) in [6, 6.07) is 18.5.